The van der Waals surface area contributed by atoms with E-state index in [1.807, 2.05) is 12.1 Å². The summed E-state index contributed by atoms with van der Waals surface area (Å²) < 4.78 is 0. The summed E-state index contributed by atoms with van der Waals surface area (Å²) in [6.45, 7) is 0. The normalized spacial score (nSPS) is 7.93. The van der Waals surface area contributed by atoms with Crippen molar-refractivity contribution in [1.82, 2.24) is 0 Å². The van der Waals surface area contributed by atoms with Gasteiger partial charge < -0.3 is 0 Å². The Morgan fingerprint density at radius 1 is 1.21 bits per heavy atom. The smallest absolute Gasteiger partial charge is 0.100 e. The van der Waals surface area contributed by atoms with Crippen LogP contribution in [0.1, 0.15) is 17.5 Å². The number of halogens is 1. The molecule has 0 fully saturated rings. The van der Waals surface area contributed by atoms with Gasteiger partial charge in [-0.15, -0.1) is 0 Å². The van der Waals surface area contributed by atoms with Crippen LogP contribution in [0.25, 0.3) is 0 Å². The van der Waals surface area contributed by atoms with Crippen LogP contribution >= 0.6 is 11.6 Å². The van der Waals surface area contributed by atoms with E-state index in [4.69, 9.17) is 22.1 Å². The first-order valence-corrected chi connectivity index (χ1v) is 4.21. The first-order valence-electron chi connectivity index (χ1n) is 3.83. The Morgan fingerprint density at radius 2 is 2.00 bits per heavy atom. The molecule has 0 aliphatic carbocycles. The van der Waals surface area contributed by atoms with E-state index in [1.165, 1.54) is 0 Å². The number of benzene rings is 1. The molecular formula is C11H5ClN2. The summed E-state index contributed by atoms with van der Waals surface area (Å²) in [7, 11) is 0. The van der Waals surface area contributed by atoms with E-state index < -0.39 is 0 Å². The van der Waals surface area contributed by atoms with Gasteiger partial charge in [-0.1, -0.05) is 23.4 Å². The van der Waals surface area contributed by atoms with Crippen molar-refractivity contribution in [2.75, 3.05) is 0 Å². The third-order valence-corrected chi connectivity index (χ3v) is 1.73. The molecule has 14 heavy (non-hydrogen) atoms. The quantitative estimate of drug-likeness (QED) is 0.604. The van der Waals surface area contributed by atoms with Gasteiger partial charge in [0.15, 0.2) is 0 Å². The van der Waals surface area contributed by atoms with Crippen LogP contribution in [-0.4, -0.2) is 0 Å². The zero-order valence-corrected chi connectivity index (χ0v) is 7.97. The van der Waals surface area contributed by atoms with Crippen LogP contribution in [0.5, 0.6) is 0 Å². The fourth-order valence-corrected chi connectivity index (χ4v) is 1.07. The highest BCUT2D eigenvalue weighted by atomic mass is 35.5. The Balaban J connectivity index is 3.07. The minimum absolute atomic E-state index is 0.160. The Kier molecular flexibility index (Phi) is 3.57. The molecule has 0 aliphatic heterocycles. The Morgan fingerprint density at radius 3 is 2.64 bits per heavy atom. The molecule has 0 radical (unpaired) electrons. The second-order valence-electron chi connectivity index (χ2n) is 2.44. The Hall–Kier alpha value is -1.95. The molecular weight excluding hydrogens is 196 g/mol. The van der Waals surface area contributed by atoms with E-state index in [1.54, 1.807) is 18.2 Å². The summed E-state index contributed by atoms with van der Waals surface area (Å²) in [5, 5.41) is 17.5. The molecule has 0 aromatic heterocycles. The molecule has 0 saturated heterocycles. The van der Waals surface area contributed by atoms with E-state index in [9.17, 15) is 0 Å². The van der Waals surface area contributed by atoms with Gasteiger partial charge in [0.2, 0.25) is 0 Å². The SMILES string of the molecule is N#CCC#Cc1ccc(Cl)cc1C#N. The number of nitrogens with zero attached hydrogens (tertiary/aromatic N) is 2. The number of hydrogen-bond donors (Lipinski definition) is 0. The minimum atomic E-state index is 0.160. The third-order valence-electron chi connectivity index (χ3n) is 1.49. The van der Waals surface area contributed by atoms with Crippen LogP contribution in [0.2, 0.25) is 5.02 Å². The standard InChI is InChI=1S/C11H5ClN2/c12-11-5-4-9(3-1-2-6-13)10(7-11)8-14/h4-5,7H,2H2. The molecule has 1 aromatic rings. The molecule has 0 atom stereocenters. The number of rotatable bonds is 0. The zero-order chi connectivity index (χ0) is 10.4. The summed E-state index contributed by atoms with van der Waals surface area (Å²) >= 11 is 5.71. The van der Waals surface area contributed by atoms with Gasteiger partial charge in [-0.25, -0.2) is 0 Å². The van der Waals surface area contributed by atoms with E-state index in [0.29, 0.717) is 16.1 Å². The van der Waals surface area contributed by atoms with Crippen molar-refractivity contribution >= 4 is 11.6 Å². The van der Waals surface area contributed by atoms with Crippen molar-refractivity contribution in [3.63, 3.8) is 0 Å². The van der Waals surface area contributed by atoms with Crippen LogP contribution in [0, 0.1) is 34.5 Å². The molecule has 0 amide bonds. The average molecular weight is 201 g/mol. The largest absolute Gasteiger partial charge is 0.197 e. The van der Waals surface area contributed by atoms with Crippen molar-refractivity contribution in [3.8, 4) is 24.0 Å². The Labute approximate surface area is 87.3 Å². The minimum Gasteiger partial charge on any atom is -0.197 e. The average Bonchev–Trinajstić information content (AvgIpc) is 2.20. The molecule has 0 N–H and O–H groups in total. The second kappa shape index (κ2) is 4.93. The predicted octanol–water partition coefficient (Wildman–Crippen LogP) is 2.48. The molecule has 0 bridgehead atoms. The van der Waals surface area contributed by atoms with Gasteiger partial charge >= 0.3 is 0 Å². The lowest BCUT2D eigenvalue weighted by Crippen LogP contribution is -1.82. The highest BCUT2D eigenvalue weighted by Gasteiger charge is 1.98. The van der Waals surface area contributed by atoms with Crippen LogP contribution in [-0.2, 0) is 0 Å². The first-order chi connectivity index (χ1) is 6.77. The number of nitriles is 2. The lowest BCUT2D eigenvalue weighted by atomic mass is 10.1. The summed E-state index contributed by atoms with van der Waals surface area (Å²) in [4.78, 5) is 0. The molecule has 2 nitrogen and oxygen atoms in total. The summed E-state index contributed by atoms with van der Waals surface area (Å²) in [6.07, 6.45) is 0.160. The zero-order valence-electron chi connectivity index (χ0n) is 7.21. The van der Waals surface area contributed by atoms with Crippen LogP contribution in [0.15, 0.2) is 18.2 Å². The topological polar surface area (TPSA) is 47.6 Å². The van der Waals surface area contributed by atoms with E-state index in [2.05, 4.69) is 11.8 Å². The summed E-state index contributed by atoms with van der Waals surface area (Å²) in [5.41, 5.74) is 1.04. The van der Waals surface area contributed by atoms with Gasteiger partial charge in [-0.3, -0.25) is 0 Å². The number of hydrogen-bond acceptors (Lipinski definition) is 2. The predicted molar refractivity (Wildman–Crippen MR) is 53.3 cm³/mol. The molecule has 3 heteroatoms. The molecule has 0 aliphatic rings. The maximum atomic E-state index is 8.76. The van der Waals surface area contributed by atoms with E-state index in [0.717, 1.165) is 0 Å². The van der Waals surface area contributed by atoms with E-state index in [-0.39, 0.29) is 6.42 Å². The van der Waals surface area contributed by atoms with Gasteiger partial charge in [-0.2, -0.15) is 10.5 Å². The molecule has 1 aromatic carbocycles. The fraction of sp³-hybridized carbons (Fsp3) is 0.0909. The lowest BCUT2D eigenvalue weighted by Gasteiger charge is -1.94. The third kappa shape index (κ3) is 2.53. The van der Waals surface area contributed by atoms with Crippen LogP contribution in [0.3, 0.4) is 0 Å². The maximum absolute atomic E-state index is 8.76. The van der Waals surface area contributed by atoms with Gasteiger partial charge in [0.1, 0.15) is 6.07 Å². The van der Waals surface area contributed by atoms with Crippen LogP contribution in [0.4, 0.5) is 0 Å². The van der Waals surface area contributed by atoms with Gasteiger partial charge in [0, 0.05) is 10.6 Å². The highest BCUT2D eigenvalue weighted by Crippen LogP contribution is 2.14. The fourth-order valence-electron chi connectivity index (χ4n) is 0.897. The van der Waals surface area contributed by atoms with E-state index >= 15 is 0 Å². The summed E-state index contributed by atoms with van der Waals surface area (Å²) in [5.74, 6) is 5.38. The molecule has 1 rings (SSSR count). The first kappa shape index (κ1) is 10.1. The van der Waals surface area contributed by atoms with Crippen molar-refractivity contribution < 1.29 is 0 Å². The lowest BCUT2D eigenvalue weighted by molar-refractivity contribution is 1.39. The van der Waals surface area contributed by atoms with Gasteiger partial charge in [-0.05, 0) is 18.2 Å². The molecule has 0 saturated carbocycles. The molecule has 66 valence electrons. The second-order valence-corrected chi connectivity index (χ2v) is 2.87. The van der Waals surface area contributed by atoms with Gasteiger partial charge in [0.05, 0.1) is 18.1 Å². The molecule has 0 unspecified atom stereocenters. The van der Waals surface area contributed by atoms with Crippen molar-refractivity contribution in [1.29, 1.82) is 10.5 Å². The maximum Gasteiger partial charge on any atom is 0.100 e. The summed E-state index contributed by atoms with van der Waals surface area (Å²) in [6, 6.07) is 8.79. The molecule has 0 heterocycles. The monoisotopic (exact) mass is 200 g/mol. The van der Waals surface area contributed by atoms with Crippen molar-refractivity contribution in [3.05, 3.63) is 34.3 Å². The van der Waals surface area contributed by atoms with Crippen molar-refractivity contribution in [2.24, 2.45) is 0 Å². The Bertz CT molecular complexity index is 481. The van der Waals surface area contributed by atoms with Crippen molar-refractivity contribution in [2.45, 2.75) is 6.42 Å². The van der Waals surface area contributed by atoms with Gasteiger partial charge in [0.25, 0.3) is 0 Å². The van der Waals surface area contributed by atoms with Crippen LogP contribution < -0.4 is 0 Å². The highest BCUT2D eigenvalue weighted by molar-refractivity contribution is 6.30. The molecule has 0 spiro atoms.